The van der Waals surface area contributed by atoms with E-state index in [1.54, 1.807) is 6.92 Å². The number of benzene rings is 1. The van der Waals surface area contributed by atoms with Crippen LogP contribution in [0.4, 0.5) is 11.8 Å². The second-order valence-electron chi connectivity index (χ2n) is 8.68. The number of fused-ring (bicyclic) bond motifs is 1. The molecule has 1 aliphatic rings. The third kappa shape index (κ3) is 5.06. The van der Waals surface area contributed by atoms with E-state index in [2.05, 4.69) is 61.1 Å². The number of aliphatic hydroxyl groups excluding tert-OH is 2. The zero-order valence-electron chi connectivity index (χ0n) is 18.2. The predicted octanol–water partition coefficient (Wildman–Crippen LogP) is 3.64. The molecular formula is C23H34N4O2. The summed E-state index contributed by atoms with van der Waals surface area (Å²) in [5.41, 5.74) is 4.54. The monoisotopic (exact) mass is 398 g/mol. The minimum atomic E-state index is -0.442. The van der Waals surface area contributed by atoms with Crippen molar-refractivity contribution in [2.75, 3.05) is 23.4 Å². The largest absolute Gasteiger partial charge is 0.394 e. The number of nitrogens with zero attached hydrogens (tertiary/aromatic N) is 3. The lowest BCUT2D eigenvalue weighted by molar-refractivity contribution is 0.199. The Morgan fingerprint density at radius 1 is 1.07 bits per heavy atom. The molecule has 29 heavy (non-hydrogen) atoms. The molecule has 0 amide bonds. The fourth-order valence-electron chi connectivity index (χ4n) is 3.59. The molecule has 0 unspecified atom stereocenters. The molecule has 6 heteroatoms. The predicted molar refractivity (Wildman–Crippen MR) is 117 cm³/mol. The van der Waals surface area contributed by atoms with Crippen LogP contribution in [0.15, 0.2) is 24.3 Å². The minimum Gasteiger partial charge on any atom is -0.394 e. The van der Waals surface area contributed by atoms with Gasteiger partial charge in [-0.15, -0.1) is 0 Å². The van der Waals surface area contributed by atoms with Crippen molar-refractivity contribution in [3.63, 3.8) is 0 Å². The number of aromatic nitrogens is 2. The summed E-state index contributed by atoms with van der Waals surface area (Å²) in [6.07, 6.45) is 0.480. The fraction of sp³-hybridized carbons (Fsp3) is 0.565. The molecule has 0 spiro atoms. The van der Waals surface area contributed by atoms with Gasteiger partial charge < -0.3 is 20.4 Å². The summed E-state index contributed by atoms with van der Waals surface area (Å²) >= 11 is 0. The van der Waals surface area contributed by atoms with Crippen LogP contribution in [0.5, 0.6) is 0 Å². The average Bonchev–Trinajstić information content (AvgIpc) is 2.70. The lowest BCUT2D eigenvalue weighted by atomic mass is 9.95. The van der Waals surface area contributed by atoms with Gasteiger partial charge >= 0.3 is 0 Å². The summed E-state index contributed by atoms with van der Waals surface area (Å²) in [6, 6.07) is 8.25. The molecule has 3 rings (SSSR count). The van der Waals surface area contributed by atoms with Gasteiger partial charge in [-0.25, -0.2) is 4.98 Å². The molecule has 0 fully saturated rings. The molecule has 158 valence electrons. The molecule has 0 saturated heterocycles. The fourth-order valence-corrected chi connectivity index (χ4v) is 3.59. The average molecular weight is 399 g/mol. The Labute approximate surface area is 174 Å². The van der Waals surface area contributed by atoms with E-state index in [1.165, 1.54) is 11.1 Å². The van der Waals surface area contributed by atoms with Crippen LogP contribution >= 0.6 is 0 Å². The first-order valence-corrected chi connectivity index (χ1v) is 10.6. The highest BCUT2D eigenvalue weighted by atomic mass is 16.3. The minimum absolute atomic E-state index is 0.0466. The SMILES string of the molecule is CC(C)c1cc(N2CCc3cc([C@H](C)O)ccc3C2)nc(N[C@@H](CO)C(C)C)n1. The molecule has 3 N–H and O–H groups in total. The molecule has 1 aliphatic heterocycles. The maximum Gasteiger partial charge on any atom is 0.225 e. The van der Waals surface area contributed by atoms with Gasteiger partial charge in [-0.3, -0.25) is 0 Å². The van der Waals surface area contributed by atoms with E-state index in [1.807, 2.05) is 6.07 Å². The Balaban J connectivity index is 1.88. The van der Waals surface area contributed by atoms with Crippen LogP contribution in [-0.2, 0) is 13.0 Å². The summed E-state index contributed by atoms with van der Waals surface area (Å²) < 4.78 is 0. The van der Waals surface area contributed by atoms with Crippen molar-refractivity contribution in [1.82, 2.24) is 9.97 Å². The van der Waals surface area contributed by atoms with Crippen LogP contribution in [0.1, 0.15) is 69.0 Å². The van der Waals surface area contributed by atoms with Crippen molar-refractivity contribution in [1.29, 1.82) is 0 Å². The van der Waals surface area contributed by atoms with Crippen molar-refractivity contribution in [2.24, 2.45) is 5.92 Å². The normalized spacial score (nSPS) is 16.1. The van der Waals surface area contributed by atoms with E-state index in [0.717, 1.165) is 36.6 Å². The lowest BCUT2D eigenvalue weighted by Gasteiger charge is -2.31. The summed E-state index contributed by atoms with van der Waals surface area (Å²) in [5, 5.41) is 22.8. The number of hydrogen-bond donors (Lipinski definition) is 3. The first kappa shape index (κ1) is 21.5. The standard InChI is InChI=1S/C23H34N4O2/c1-14(2)20-11-22(26-23(24-20)25-21(13-28)15(3)4)27-9-8-18-10-17(16(5)29)6-7-19(18)12-27/h6-7,10-11,14-16,21,28-29H,8-9,12-13H2,1-5H3,(H,24,25,26)/t16-,21-/m0/s1. The van der Waals surface area contributed by atoms with E-state index < -0.39 is 6.10 Å². The van der Waals surface area contributed by atoms with Crippen molar-refractivity contribution < 1.29 is 10.2 Å². The first-order valence-electron chi connectivity index (χ1n) is 10.6. The molecule has 6 nitrogen and oxygen atoms in total. The topological polar surface area (TPSA) is 81.5 Å². The molecule has 1 aromatic carbocycles. The lowest BCUT2D eigenvalue weighted by Crippen LogP contribution is -2.33. The maximum absolute atomic E-state index is 9.85. The molecule has 2 aromatic rings. The summed E-state index contributed by atoms with van der Waals surface area (Å²) in [5.74, 6) is 2.06. The first-order chi connectivity index (χ1) is 13.8. The molecule has 0 saturated carbocycles. The van der Waals surface area contributed by atoms with Gasteiger partial charge in [0.15, 0.2) is 0 Å². The van der Waals surface area contributed by atoms with E-state index in [-0.39, 0.29) is 24.5 Å². The van der Waals surface area contributed by atoms with Crippen LogP contribution in [0, 0.1) is 5.92 Å². The van der Waals surface area contributed by atoms with Crippen LogP contribution in [-0.4, -0.2) is 39.4 Å². The zero-order valence-corrected chi connectivity index (χ0v) is 18.2. The Morgan fingerprint density at radius 3 is 2.45 bits per heavy atom. The highest BCUT2D eigenvalue weighted by Crippen LogP contribution is 2.28. The smallest absolute Gasteiger partial charge is 0.225 e. The molecule has 0 bridgehead atoms. The molecule has 2 atom stereocenters. The Kier molecular flexibility index (Phi) is 6.75. The van der Waals surface area contributed by atoms with Gasteiger partial charge in [0, 0.05) is 19.2 Å². The van der Waals surface area contributed by atoms with Crippen LogP contribution in [0.2, 0.25) is 0 Å². The van der Waals surface area contributed by atoms with E-state index in [0.29, 0.717) is 5.95 Å². The third-order valence-electron chi connectivity index (χ3n) is 5.69. The zero-order chi connectivity index (χ0) is 21.1. The van der Waals surface area contributed by atoms with Gasteiger partial charge in [-0.1, -0.05) is 45.9 Å². The van der Waals surface area contributed by atoms with E-state index in [4.69, 9.17) is 4.98 Å². The van der Waals surface area contributed by atoms with Gasteiger partial charge in [0.1, 0.15) is 5.82 Å². The van der Waals surface area contributed by atoms with Crippen molar-refractivity contribution in [2.45, 2.75) is 65.6 Å². The summed E-state index contributed by atoms with van der Waals surface area (Å²) in [6.45, 7) is 11.9. The summed E-state index contributed by atoms with van der Waals surface area (Å²) in [7, 11) is 0. The number of anilines is 2. The van der Waals surface area contributed by atoms with E-state index >= 15 is 0 Å². The summed E-state index contributed by atoms with van der Waals surface area (Å²) in [4.78, 5) is 11.8. The maximum atomic E-state index is 9.85. The van der Waals surface area contributed by atoms with Crippen LogP contribution < -0.4 is 10.2 Å². The second-order valence-corrected chi connectivity index (χ2v) is 8.68. The van der Waals surface area contributed by atoms with Crippen molar-refractivity contribution in [3.05, 3.63) is 46.6 Å². The Hall–Kier alpha value is -2.18. The number of nitrogens with one attached hydrogen (secondary N) is 1. The van der Waals surface area contributed by atoms with Crippen LogP contribution in [0.3, 0.4) is 0 Å². The highest BCUT2D eigenvalue weighted by molar-refractivity contribution is 5.49. The Bertz CT molecular complexity index is 836. The number of aliphatic hydroxyl groups is 2. The van der Waals surface area contributed by atoms with E-state index in [9.17, 15) is 10.2 Å². The number of hydrogen-bond acceptors (Lipinski definition) is 6. The molecule has 0 aliphatic carbocycles. The van der Waals surface area contributed by atoms with Crippen molar-refractivity contribution >= 4 is 11.8 Å². The highest BCUT2D eigenvalue weighted by Gasteiger charge is 2.21. The van der Waals surface area contributed by atoms with Gasteiger partial charge in [0.05, 0.1) is 24.4 Å². The third-order valence-corrected chi connectivity index (χ3v) is 5.69. The molecule has 2 heterocycles. The molecular weight excluding hydrogens is 364 g/mol. The van der Waals surface area contributed by atoms with Gasteiger partial charge in [0.25, 0.3) is 0 Å². The molecule has 0 radical (unpaired) electrons. The molecule has 1 aromatic heterocycles. The quantitative estimate of drug-likeness (QED) is 0.661. The van der Waals surface area contributed by atoms with Gasteiger partial charge in [-0.2, -0.15) is 4.98 Å². The number of rotatable bonds is 7. The van der Waals surface area contributed by atoms with Crippen LogP contribution in [0.25, 0.3) is 0 Å². The van der Waals surface area contributed by atoms with Gasteiger partial charge in [-0.05, 0) is 41.9 Å². The van der Waals surface area contributed by atoms with Gasteiger partial charge in [0.2, 0.25) is 5.95 Å². The second kappa shape index (κ2) is 9.09. The van der Waals surface area contributed by atoms with Crippen molar-refractivity contribution in [3.8, 4) is 0 Å². The Morgan fingerprint density at radius 2 is 1.83 bits per heavy atom.